The largest absolute Gasteiger partial charge is 0.481 e. The molecular weight excluding hydrogens is 163 g/mol. The molecule has 0 radical (unpaired) electrons. The van der Waals surface area contributed by atoms with E-state index in [1.165, 1.54) is 0 Å². The molecule has 3 nitrogen and oxygen atoms in total. The molecular formula is C8H11FO3. The lowest BCUT2D eigenvalue weighted by atomic mass is 9.80. The highest BCUT2D eigenvalue weighted by molar-refractivity contribution is 5.80. The van der Waals surface area contributed by atoms with E-state index in [1.807, 2.05) is 0 Å². The van der Waals surface area contributed by atoms with Crippen LogP contribution < -0.4 is 0 Å². The molecule has 0 bridgehead atoms. The van der Waals surface area contributed by atoms with E-state index in [4.69, 9.17) is 5.11 Å². The van der Waals surface area contributed by atoms with Crippen molar-refractivity contribution in [2.45, 2.75) is 25.7 Å². The molecule has 1 saturated carbocycles. The summed E-state index contributed by atoms with van der Waals surface area (Å²) in [5.74, 6) is -2.74. The van der Waals surface area contributed by atoms with E-state index in [0.717, 1.165) is 12.8 Å². The van der Waals surface area contributed by atoms with Gasteiger partial charge in [0.2, 0.25) is 0 Å². The molecule has 0 saturated heterocycles. The first-order valence-electron chi connectivity index (χ1n) is 4.05. The summed E-state index contributed by atoms with van der Waals surface area (Å²) in [7, 11) is 0. The Kier molecular flexibility index (Phi) is 2.78. The van der Waals surface area contributed by atoms with Gasteiger partial charge >= 0.3 is 12.0 Å². The normalized spacial score (nSPS) is 29.8. The molecule has 0 spiro atoms. The Balaban J connectivity index is 2.67. The summed E-state index contributed by atoms with van der Waals surface area (Å²) in [4.78, 5) is 20.9. The molecule has 1 aliphatic rings. The van der Waals surface area contributed by atoms with Gasteiger partial charge in [0.1, 0.15) is 0 Å². The maximum absolute atomic E-state index is 12.3. The summed E-state index contributed by atoms with van der Waals surface area (Å²) in [6.07, 6.45) is 2.34. The average molecular weight is 174 g/mol. The van der Waals surface area contributed by atoms with E-state index in [0.29, 0.717) is 12.8 Å². The summed E-state index contributed by atoms with van der Waals surface area (Å²) in [6.45, 7) is 0. The molecule has 1 aliphatic carbocycles. The fourth-order valence-electron chi connectivity index (χ4n) is 1.70. The molecule has 2 atom stereocenters. The second kappa shape index (κ2) is 3.65. The fourth-order valence-corrected chi connectivity index (χ4v) is 1.70. The zero-order valence-electron chi connectivity index (χ0n) is 6.62. The van der Waals surface area contributed by atoms with Crippen LogP contribution in [0.2, 0.25) is 0 Å². The quantitative estimate of drug-likeness (QED) is 0.643. The van der Waals surface area contributed by atoms with Gasteiger partial charge in [-0.15, -0.1) is 0 Å². The van der Waals surface area contributed by atoms with Crippen molar-refractivity contribution in [3.8, 4) is 0 Å². The number of carboxylic acids is 1. The van der Waals surface area contributed by atoms with Crippen molar-refractivity contribution in [3.63, 3.8) is 0 Å². The van der Waals surface area contributed by atoms with Crippen LogP contribution in [0, 0.1) is 11.8 Å². The van der Waals surface area contributed by atoms with Gasteiger partial charge in [-0.05, 0) is 12.8 Å². The van der Waals surface area contributed by atoms with Crippen molar-refractivity contribution in [2.75, 3.05) is 0 Å². The van der Waals surface area contributed by atoms with Crippen molar-refractivity contribution in [2.24, 2.45) is 11.8 Å². The number of hydrogen-bond acceptors (Lipinski definition) is 2. The smallest absolute Gasteiger partial charge is 0.307 e. The van der Waals surface area contributed by atoms with Gasteiger partial charge in [-0.1, -0.05) is 12.8 Å². The van der Waals surface area contributed by atoms with Crippen LogP contribution in [0.3, 0.4) is 0 Å². The van der Waals surface area contributed by atoms with E-state index < -0.39 is 23.8 Å². The Labute approximate surface area is 69.6 Å². The van der Waals surface area contributed by atoms with Crippen molar-refractivity contribution < 1.29 is 19.1 Å². The maximum Gasteiger partial charge on any atom is 0.307 e. The van der Waals surface area contributed by atoms with Crippen LogP contribution in [0.15, 0.2) is 0 Å². The molecule has 0 aromatic heterocycles. The van der Waals surface area contributed by atoms with Crippen molar-refractivity contribution >= 4 is 12.0 Å². The molecule has 12 heavy (non-hydrogen) atoms. The molecule has 1 N–H and O–H groups in total. The van der Waals surface area contributed by atoms with E-state index in [9.17, 15) is 14.0 Å². The lowest BCUT2D eigenvalue weighted by molar-refractivity contribution is -0.151. The summed E-state index contributed by atoms with van der Waals surface area (Å²) in [5, 5.41) is 8.64. The Bertz CT molecular complexity index is 180. The number of rotatable bonds is 2. The Morgan fingerprint density at radius 3 is 2.00 bits per heavy atom. The predicted octanol–water partition coefficient (Wildman–Crippen LogP) is 1.37. The van der Waals surface area contributed by atoms with E-state index >= 15 is 0 Å². The predicted molar refractivity (Wildman–Crippen MR) is 39.2 cm³/mol. The SMILES string of the molecule is O=C(O)[C@H]1CCCC[C@H]1C(=O)F. The fraction of sp³-hybridized carbons (Fsp3) is 0.750. The van der Waals surface area contributed by atoms with Crippen LogP contribution in [0.5, 0.6) is 0 Å². The molecule has 4 heteroatoms. The molecule has 0 aliphatic heterocycles. The standard InChI is InChI=1S/C8H11FO3/c9-7(10)5-3-1-2-4-6(5)8(11)12/h5-6H,1-4H2,(H,11,12)/t5-,6+/m1/s1. The van der Waals surface area contributed by atoms with Gasteiger partial charge in [0.25, 0.3) is 0 Å². The third-order valence-corrected chi connectivity index (χ3v) is 2.37. The Morgan fingerprint density at radius 1 is 1.17 bits per heavy atom. The van der Waals surface area contributed by atoms with E-state index in [1.54, 1.807) is 0 Å². The minimum atomic E-state index is -1.47. The van der Waals surface area contributed by atoms with Crippen LogP contribution in [0.1, 0.15) is 25.7 Å². The van der Waals surface area contributed by atoms with Gasteiger partial charge in [-0.2, -0.15) is 4.39 Å². The monoisotopic (exact) mass is 174 g/mol. The number of hydrogen-bond donors (Lipinski definition) is 1. The molecule has 0 aromatic carbocycles. The first-order chi connectivity index (χ1) is 5.63. The third kappa shape index (κ3) is 1.81. The highest BCUT2D eigenvalue weighted by Gasteiger charge is 2.35. The van der Waals surface area contributed by atoms with Crippen molar-refractivity contribution in [3.05, 3.63) is 0 Å². The second-order valence-corrected chi connectivity index (χ2v) is 3.14. The van der Waals surface area contributed by atoms with Crippen LogP contribution in [0.25, 0.3) is 0 Å². The third-order valence-electron chi connectivity index (χ3n) is 2.37. The number of aliphatic carboxylic acids is 1. The minimum Gasteiger partial charge on any atom is -0.481 e. The number of carbonyl (C=O) groups is 2. The van der Waals surface area contributed by atoms with Gasteiger partial charge < -0.3 is 5.11 Å². The molecule has 1 fully saturated rings. The Morgan fingerprint density at radius 2 is 1.67 bits per heavy atom. The molecule has 0 heterocycles. The topological polar surface area (TPSA) is 54.4 Å². The van der Waals surface area contributed by atoms with Gasteiger partial charge in [0.15, 0.2) is 0 Å². The summed E-state index contributed by atoms with van der Waals surface area (Å²) >= 11 is 0. The van der Waals surface area contributed by atoms with Crippen LogP contribution in [-0.4, -0.2) is 17.1 Å². The zero-order chi connectivity index (χ0) is 9.14. The second-order valence-electron chi connectivity index (χ2n) is 3.14. The van der Waals surface area contributed by atoms with Crippen molar-refractivity contribution in [1.29, 1.82) is 0 Å². The first-order valence-corrected chi connectivity index (χ1v) is 4.05. The molecule has 68 valence electrons. The zero-order valence-corrected chi connectivity index (χ0v) is 6.62. The lowest BCUT2D eigenvalue weighted by Gasteiger charge is -2.24. The van der Waals surface area contributed by atoms with Gasteiger partial charge in [0.05, 0.1) is 11.8 Å². The first kappa shape index (κ1) is 9.16. The maximum atomic E-state index is 12.3. The van der Waals surface area contributed by atoms with Gasteiger partial charge in [-0.25, -0.2) is 0 Å². The van der Waals surface area contributed by atoms with Crippen LogP contribution in [-0.2, 0) is 9.59 Å². The summed E-state index contributed by atoms with van der Waals surface area (Å²) < 4.78 is 12.3. The number of halogens is 1. The van der Waals surface area contributed by atoms with E-state index in [2.05, 4.69) is 0 Å². The van der Waals surface area contributed by atoms with Crippen LogP contribution >= 0.6 is 0 Å². The van der Waals surface area contributed by atoms with Crippen LogP contribution in [0.4, 0.5) is 4.39 Å². The summed E-state index contributed by atoms with van der Waals surface area (Å²) in [6, 6.07) is -1.47. The minimum absolute atomic E-state index is 0.381. The van der Waals surface area contributed by atoms with E-state index in [-0.39, 0.29) is 0 Å². The average Bonchev–Trinajstić information content (AvgIpc) is 2.04. The van der Waals surface area contributed by atoms with Gasteiger partial charge in [0, 0.05) is 0 Å². The number of carboxylic acid groups (broad SMARTS) is 1. The summed E-state index contributed by atoms with van der Waals surface area (Å²) in [5.41, 5.74) is 0. The highest BCUT2D eigenvalue weighted by Crippen LogP contribution is 2.31. The molecule has 0 aromatic rings. The lowest BCUT2D eigenvalue weighted by Crippen LogP contribution is -2.30. The van der Waals surface area contributed by atoms with Crippen molar-refractivity contribution in [1.82, 2.24) is 0 Å². The number of carbonyl (C=O) groups excluding carboxylic acids is 1. The molecule has 0 unspecified atom stereocenters. The Hall–Kier alpha value is -0.930. The van der Waals surface area contributed by atoms with Gasteiger partial charge in [-0.3, -0.25) is 9.59 Å². The highest BCUT2D eigenvalue weighted by atomic mass is 19.1. The molecule has 1 rings (SSSR count). The molecule has 0 amide bonds.